The summed E-state index contributed by atoms with van der Waals surface area (Å²) in [7, 11) is 0. The highest BCUT2D eigenvalue weighted by Crippen LogP contribution is 2.48. The first-order valence-corrected chi connectivity index (χ1v) is 10.00. The minimum Gasteiger partial charge on any atom is -0.504 e. The summed E-state index contributed by atoms with van der Waals surface area (Å²) in [6, 6.07) is 15.9. The average Bonchev–Trinajstić information content (AvgIpc) is 3.55. The zero-order chi connectivity index (χ0) is 20.5. The van der Waals surface area contributed by atoms with E-state index >= 15 is 0 Å². The molecule has 150 valence electrons. The van der Waals surface area contributed by atoms with E-state index in [4.69, 9.17) is 16.3 Å². The third-order valence-corrected chi connectivity index (χ3v) is 5.76. The maximum absolute atomic E-state index is 12.8. The van der Waals surface area contributed by atoms with Crippen LogP contribution in [0, 0.1) is 5.92 Å². The lowest BCUT2D eigenvalue weighted by Gasteiger charge is -2.28. The van der Waals surface area contributed by atoms with Crippen molar-refractivity contribution in [1.82, 2.24) is 0 Å². The summed E-state index contributed by atoms with van der Waals surface area (Å²) in [6.45, 7) is 0. The molecule has 0 saturated heterocycles. The zero-order valence-electron chi connectivity index (χ0n) is 15.6. The SMILES string of the molecule is O=C1OC(CC(O)c2ccc(Cl)cc2)C(=O)C(O)=C1C(c1ccccc1)C1CC1. The number of hydrogen-bond donors (Lipinski definition) is 2. The van der Waals surface area contributed by atoms with E-state index in [1.54, 1.807) is 24.3 Å². The van der Waals surface area contributed by atoms with Gasteiger partial charge in [0.05, 0.1) is 11.7 Å². The van der Waals surface area contributed by atoms with E-state index in [2.05, 4.69) is 0 Å². The Bertz CT molecular complexity index is 947. The Morgan fingerprint density at radius 2 is 1.66 bits per heavy atom. The number of ketones is 1. The minimum atomic E-state index is -1.23. The summed E-state index contributed by atoms with van der Waals surface area (Å²) in [5.74, 6) is -2.08. The highest BCUT2D eigenvalue weighted by atomic mass is 35.5. The van der Waals surface area contributed by atoms with Gasteiger partial charge in [-0.3, -0.25) is 4.79 Å². The number of Topliss-reactive ketones (excluding diaryl/α,β-unsaturated/α-hetero) is 1. The molecule has 3 unspecified atom stereocenters. The smallest absolute Gasteiger partial charge is 0.339 e. The Balaban J connectivity index is 1.58. The number of rotatable bonds is 6. The van der Waals surface area contributed by atoms with Gasteiger partial charge >= 0.3 is 5.97 Å². The Labute approximate surface area is 173 Å². The molecule has 2 N–H and O–H groups in total. The van der Waals surface area contributed by atoms with Crippen molar-refractivity contribution >= 4 is 23.4 Å². The van der Waals surface area contributed by atoms with Gasteiger partial charge in [-0.1, -0.05) is 54.1 Å². The molecule has 0 spiro atoms. The molecule has 2 aliphatic rings. The maximum atomic E-state index is 12.8. The van der Waals surface area contributed by atoms with Gasteiger partial charge in [-0.15, -0.1) is 0 Å². The molecule has 6 heteroatoms. The van der Waals surface area contributed by atoms with Crippen LogP contribution in [0.25, 0.3) is 0 Å². The lowest BCUT2D eigenvalue weighted by molar-refractivity contribution is -0.156. The molecule has 1 aliphatic carbocycles. The Morgan fingerprint density at radius 3 is 2.28 bits per heavy atom. The summed E-state index contributed by atoms with van der Waals surface area (Å²) in [4.78, 5) is 25.5. The van der Waals surface area contributed by atoms with E-state index in [9.17, 15) is 19.8 Å². The second-order valence-corrected chi connectivity index (χ2v) is 7.99. The second-order valence-electron chi connectivity index (χ2n) is 7.55. The molecule has 0 radical (unpaired) electrons. The van der Waals surface area contributed by atoms with Crippen LogP contribution in [0.5, 0.6) is 0 Å². The molecular formula is C23H21ClO5. The van der Waals surface area contributed by atoms with Crippen LogP contribution in [0.15, 0.2) is 65.9 Å². The summed E-state index contributed by atoms with van der Waals surface area (Å²) >= 11 is 5.85. The molecule has 1 saturated carbocycles. The van der Waals surface area contributed by atoms with Crippen LogP contribution in [0.3, 0.4) is 0 Å². The quantitative estimate of drug-likeness (QED) is 0.692. The highest BCUT2D eigenvalue weighted by molar-refractivity contribution is 6.30. The van der Waals surface area contributed by atoms with Gasteiger partial charge in [0.25, 0.3) is 0 Å². The van der Waals surface area contributed by atoms with Gasteiger partial charge in [0.15, 0.2) is 11.9 Å². The third-order valence-electron chi connectivity index (χ3n) is 5.51. The fourth-order valence-corrected chi connectivity index (χ4v) is 3.97. The Hall–Kier alpha value is -2.63. The standard InChI is InChI=1S/C23H21ClO5/c24-16-10-8-13(9-11-16)17(25)12-18-21(26)22(27)20(23(28)29-18)19(15-6-7-15)14-4-2-1-3-5-14/h1-5,8-11,15,17-19,25,27H,6-7,12H2. The fraction of sp³-hybridized carbons (Fsp3) is 0.304. The molecule has 0 bridgehead atoms. The number of carbonyl (C=O) groups is 2. The van der Waals surface area contributed by atoms with E-state index in [1.807, 2.05) is 30.3 Å². The number of hydrogen-bond acceptors (Lipinski definition) is 5. The van der Waals surface area contributed by atoms with Crippen LogP contribution in [0.2, 0.25) is 5.02 Å². The van der Waals surface area contributed by atoms with E-state index in [-0.39, 0.29) is 23.8 Å². The number of ether oxygens (including phenoxy) is 1. The molecule has 29 heavy (non-hydrogen) atoms. The number of aliphatic hydroxyl groups is 2. The van der Waals surface area contributed by atoms with E-state index in [0.29, 0.717) is 10.6 Å². The summed E-state index contributed by atoms with van der Waals surface area (Å²) in [6.07, 6.45) is -0.542. The topological polar surface area (TPSA) is 83.8 Å². The third kappa shape index (κ3) is 4.07. The predicted molar refractivity (Wildman–Crippen MR) is 107 cm³/mol. The van der Waals surface area contributed by atoms with Crippen molar-refractivity contribution in [2.75, 3.05) is 0 Å². The van der Waals surface area contributed by atoms with Crippen molar-refractivity contribution < 1.29 is 24.5 Å². The predicted octanol–water partition coefficient (Wildman–Crippen LogP) is 4.26. The zero-order valence-corrected chi connectivity index (χ0v) is 16.4. The molecular weight excluding hydrogens is 392 g/mol. The van der Waals surface area contributed by atoms with Crippen LogP contribution in [0.1, 0.15) is 42.4 Å². The van der Waals surface area contributed by atoms with Gasteiger partial charge in [0, 0.05) is 17.4 Å². The molecule has 4 rings (SSSR count). The Morgan fingerprint density at radius 1 is 1.00 bits per heavy atom. The van der Waals surface area contributed by atoms with Crippen molar-refractivity contribution in [2.24, 2.45) is 5.92 Å². The average molecular weight is 413 g/mol. The normalized spacial score (nSPS) is 21.7. The molecule has 5 nitrogen and oxygen atoms in total. The van der Waals surface area contributed by atoms with Gasteiger partial charge in [0.1, 0.15) is 0 Å². The Kier molecular flexibility index (Phi) is 5.43. The van der Waals surface area contributed by atoms with Gasteiger partial charge < -0.3 is 14.9 Å². The number of carbonyl (C=O) groups excluding carboxylic acids is 2. The number of esters is 1. The molecule has 0 amide bonds. The van der Waals surface area contributed by atoms with Crippen LogP contribution < -0.4 is 0 Å². The molecule has 1 fully saturated rings. The highest BCUT2D eigenvalue weighted by Gasteiger charge is 2.45. The summed E-state index contributed by atoms with van der Waals surface area (Å²) in [5, 5.41) is 21.6. The molecule has 1 heterocycles. The largest absolute Gasteiger partial charge is 0.504 e. The van der Waals surface area contributed by atoms with Crippen molar-refractivity contribution in [3.63, 3.8) is 0 Å². The summed E-state index contributed by atoms with van der Waals surface area (Å²) < 4.78 is 5.39. The lowest BCUT2D eigenvalue weighted by Crippen LogP contribution is -2.38. The molecule has 0 aromatic heterocycles. The monoisotopic (exact) mass is 412 g/mol. The molecule has 2 aromatic rings. The van der Waals surface area contributed by atoms with Crippen LogP contribution in [-0.2, 0) is 14.3 Å². The van der Waals surface area contributed by atoms with Gasteiger partial charge in [0.2, 0.25) is 5.78 Å². The second kappa shape index (κ2) is 8.01. The van der Waals surface area contributed by atoms with E-state index in [0.717, 1.165) is 18.4 Å². The number of halogens is 1. The van der Waals surface area contributed by atoms with Crippen LogP contribution in [-0.4, -0.2) is 28.1 Å². The van der Waals surface area contributed by atoms with Crippen LogP contribution in [0.4, 0.5) is 0 Å². The van der Waals surface area contributed by atoms with Crippen molar-refractivity contribution in [3.8, 4) is 0 Å². The van der Waals surface area contributed by atoms with Gasteiger partial charge in [-0.25, -0.2) is 4.79 Å². The molecule has 1 aliphatic heterocycles. The number of aliphatic hydroxyl groups excluding tert-OH is 2. The summed E-state index contributed by atoms with van der Waals surface area (Å²) in [5.41, 5.74) is 1.45. The van der Waals surface area contributed by atoms with Gasteiger partial charge in [-0.2, -0.15) is 0 Å². The number of cyclic esters (lactones) is 1. The van der Waals surface area contributed by atoms with Crippen molar-refractivity contribution in [3.05, 3.63) is 82.1 Å². The van der Waals surface area contributed by atoms with E-state index < -0.39 is 29.7 Å². The van der Waals surface area contributed by atoms with E-state index in [1.165, 1.54) is 0 Å². The number of benzene rings is 2. The molecule has 3 atom stereocenters. The first kappa shape index (κ1) is 19.7. The first-order valence-electron chi connectivity index (χ1n) is 9.62. The first-order chi connectivity index (χ1) is 14.0. The minimum absolute atomic E-state index is 0.0286. The fourth-order valence-electron chi connectivity index (χ4n) is 3.85. The maximum Gasteiger partial charge on any atom is 0.339 e. The van der Waals surface area contributed by atoms with Gasteiger partial charge in [-0.05, 0) is 42.0 Å². The van der Waals surface area contributed by atoms with Crippen molar-refractivity contribution in [1.29, 1.82) is 0 Å². The van der Waals surface area contributed by atoms with Crippen molar-refractivity contribution in [2.45, 2.75) is 37.4 Å². The van der Waals surface area contributed by atoms with Crippen LogP contribution >= 0.6 is 11.6 Å². The molecule has 2 aromatic carbocycles. The lowest BCUT2D eigenvalue weighted by atomic mass is 9.83.